The van der Waals surface area contributed by atoms with Crippen molar-refractivity contribution in [1.82, 2.24) is 19.9 Å². The van der Waals surface area contributed by atoms with Gasteiger partial charge in [0.15, 0.2) is 0 Å². The molecule has 222 valence electrons. The van der Waals surface area contributed by atoms with Crippen LogP contribution < -0.4 is 15.1 Å². The SMILES string of the molecule is CN(C)C(=O)C1(c2ccc(Nc3nc(N4CCCCC4)nc4c3CCN(c3ncccc3C(F)(F)F)CC4)cc2)CC1. The number of amides is 1. The molecule has 2 aromatic heterocycles. The summed E-state index contributed by atoms with van der Waals surface area (Å²) in [5.41, 5.74) is 2.45. The Morgan fingerprint density at radius 2 is 1.64 bits per heavy atom. The van der Waals surface area contributed by atoms with Gasteiger partial charge in [0.1, 0.15) is 11.6 Å². The Labute approximate surface area is 244 Å². The highest BCUT2D eigenvalue weighted by atomic mass is 19.4. The van der Waals surface area contributed by atoms with Gasteiger partial charge in [-0.15, -0.1) is 0 Å². The van der Waals surface area contributed by atoms with Crippen molar-refractivity contribution in [3.05, 3.63) is 65.0 Å². The molecule has 1 saturated heterocycles. The molecule has 0 bridgehead atoms. The van der Waals surface area contributed by atoms with Crippen LogP contribution in [0.3, 0.4) is 0 Å². The average molecular weight is 580 g/mol. The minimum Gasteiger partial charge on any atom is -0.355 e. The first-order chi connectivity index (χ1) is 20.2. The largest absolute Gasteiger partial charge is 0.419 e. The summed E-state index contributed by atoms with van der Waals surface area (Å²) in [5.74, 6) is 1.41. The number of aromatic nitrogens is 3. The lowest BCUT2D eigenvalue weighted by Crippen LogP contribution is -2.33. The summed E-state index contributed by atoms with van der Waals surface area (Å²) in [6, 6.07) is 10.4. The van der Waals surface area contributed by atoms with Crippen LogP contribution in [0.15, 0.2) is 42.6 Å². The first-order valence-electron chi connectivity index (χ1n) is 14.7. The van der Waals surface area contributed by atoms with Crippen molar-refractivity contribution in [1.29, 1.82) is 0 Å². The molecule has 42 heavy (non-hydrogen) atoms. The highest BCUT2D eigenvalue weighted by Gasteiger charge is 2.51. The van der Waals surface area contributed by atoms with E-state index in [1.807, 2.05) is 24.3 Å². The monoisotopic (exact) mass is 579 g/mol. The number of carbonyl (C=O) groups is 1. The van der Waals surface area contributed by atoms with Crippen LogP contribution in [0.4, 0.5) is 36.4 Å². The Hall–Kier alpha value is -3.89. The number of carbonyl (C=O) groups excluding carboxylic acids is 1. The van der Waals surface area contributed by atoms with Crippen molar-refractivity contribution in [2.24, 2.45) is 0 Å². The molecular weight excluding hydrogens is 543 g/mol. The molecule has 0 radical (unpaired) electrons. The summed E-state index contributed by atoms with van der Waals surface area (Å²) in [5, 5.41) is 3.49. The van der Waals surface area contributed by atoms with Crippen LogP contribution >= 0.6 is 0 Å². The highest BCUT2D eigenvalue weighted by molar-refractivity contribution is 5.91. The van der Waals surface area contributed by atoms with E-state index in [4.69, 9.17) is 9.97 Å². The molecule has 2 aliphatic heterocycles. The molecule has 6 rings (SSSR count). The van der Waals surface area contributed by atoms with Gasteiger partial charge in [-0.25, -0.2) is 9.97 Å². The van der Waals surface area contributed by atoms with E-state index >= 15 is 0 Å². The Bertz CT molecular complexity index is 1450. The minimum absolute atomic E-state index is 0.0478. The fraction of sp³-hybridized carbons (Fsp3) is 0.484. The zero-order valence-electron chi connectivity index (χ0n) is 24.0. The molecule has 1 aliphatic carbocycles. The predicted molar refractivity (Wildman–Crippen MR) is 156 cm³/mol. The van der Waals surface area contributed by atoms with Gasteiger partial charge in [-0.1, -0.05) is 12.1 Å². The quantitative estimate of drug-likeness (QED) is 0.422. The standard InChI is InChI=1S/C31H36F3N7O/c1-39(2)28(42)30(14-15-30)21-8-10-22(11-9-21)36-26-23-12-19-40(27-24(31(32,33)34)7-6-16-35-27)20-13-25(23)37-29(38-26)41-17-4-3-5-18-41/h6-11,16H,3-5,12-15,17-20H2,1-2H3,(H,36,37,38). The zero-order valence-corrected chi connectivity index (χ0v) is 24.0. The number of alkyl halides is 3. The normalized spacial score (nSPS) is 18.2. The fourth-order valence-corrected chi connectivity index (χ4v) is 6.20. The maximum Gasteiger partial charge on any atom is 0.419 e. The topological polar surface area (TPSA) is 77.5 Å². The fourth-order valence-electron chi connectivity index (χ4n) is 6.20. The van der Waals surface area contributed by atoms with Gasteiger partial charge in [0.25, 0.3) is 0 Å². The summed E-state index contributed by atoms with van der Waals surface area (Å²) in [4.78, 5) is 32.4. The van der Waals surface area contributed by atoms with Crippen LogP contribution in [-0.2, 0) is 29.2 Å². The molecule has 3 aromatic rings. The molecule has 1 amide bonds. The van der Waals surface area contributed by atoms with Gasteiger partial charge in [-0.2, -0.15) is 18.2 Å². The van der Waals surface area contributed by atoms with Gasteiger partial charge in [0.05, 0.1) is 16.7 Å². The van der Waals surface area contributed by atoms with Gasteiger partial charge >= 0.3 is 6.18 Å². The van der Waals surface area contributed by atoms with E-state index in [0.717, 1.165) is 67.3 Å². The summed E-state index contributed by atoms with van der Waals surface area (Å²) < 4.78 is 41.4. The molecule has 0 spiro atoms. The zero-order chi connectivity index (χ0) is 29.5. The lowest BCUT2D eigenvalue weighted by Gasteiger charge is -2.28. The van der Waals surface area contributed by atoms with Crippen molar-refractivity contribution in [3.63, 3.8) is 0 Å². The number of piperidine rings is 1. The van der Waals surface area contributed by atoms with Gasteiger partial charge in [-0.05, 0) is 68.4 Å². The van der Waals surface area contributed by atoms with E-state index in [2.05, 4.69) is 15.2 Å². The molecule has 8 nitrogen and oxygen atoms in total. The molecule has 11 heteroatoms. The number of pyridine rings is 1. The summed E-state index contributed by atoms with van der Waals surface area (Å²) in [7, 11) is 3.58. The van der Waals surface area contributed by atoms with Crippen molar-refractivity contribution < 1.29 is 18.0 Å². The third kappa shape index (κ3) is 5.48. The minimum atomic E-state index is -4.49. The van der Waals surface area contributed by atoms with Gasteiger partial charge in [-0.3, -0.25) is 4.79 Å². The number of rotatable bonds is 6. The van der Waals surface area contributed by atoms with Gasteiger partial charge < -0.3 is 20.0 Å². The van der Waals surface area contributed by atoms with E-state index in [9.17, 15) is 18.0 Å². The van der Waals surface area contributed by atoms with E-state index in [0.29, 0.717) is 37.7 Å². The Balaban J connectivity index is 1.30. The maximum atomic E-state index is 13.8. The second-order valence-corrected chi connectivity index (χ2v) is 11.7. The second kappa shape index (κ2) is 11.1. The van der Waals surface area contributed by atoms with E-state index in [1.54, 1.807) is 23.9 Å². The first kappa shape index (κ1) is 28.2. The highest BCUT2D eigenvalue weighted by Crippen LogP contribution is 2.49. The van der Waals surface area contributed by atoms with Crippen LogP contribution in [0.25, 0.3) is 0 Å². The molecule has 1 aromatic carbocycles. The molecule has 4 heterocycles. The van der Waals surface area contributed by atoms with Crippen molar-refractivity contribution in [2.45, 2.75) is 56.5 Å². The molecule has 0 atom stereocenters. The number of anilines is 4. The number of nitrogens with zero attached hydrogens (tertiary/aromatic N) is 6. The number of benzene rings is 1. The van der Waals surface area contributed by atoms with Crippen LogP contribution in [0.1, 0.15) is 54.5 Å². The lowest BCUT2D eigenvalue weighted by atomic mass is 9.94. The maximum absolute atomic E-state index is 13.8. The van der Waals surface area contributed by atoms with E-state index in [1.165, 1.54) is 18.7 Å². The Morgan fingerprint density at radius 1 is 0.929 bits per heavy atom. The lowest BCUT2D eigenvalue weighted by molar-refractivity contribution is -0.137. The number of nitrogens with one attached hydrogen (secondary N) is 1. The second-order valence-electron chi connectivity index (χ2n) is 11.7. The number of fused-ring (bicyclic) bond motifs is 1. The summed E-state index contributed by atoms with van der Waals surface area (Å²) in [6.07, 6.45) is 2.90. The smallest absolute Gasteiger partial charge is 0.355 e. The third-order valence-corrected chi connectivity index (χ3v) is 8.63. The Morgan fingerprint density at radius 3 is 2.31 bits per heavy atom. The van der Waals surface area contributed by atoms with Crippen molar-refractivity contribution in [3.8, 4) is 0 Å². The van der Waals surface area contributed by atoms with Crippen molar-refractivity contribution >= 4 is 29.2 Å². The first-order valence-corrected chi connectivity index (χ1v) is 14.7. The summed E-state index contributed by atoms with van der Waals surface area (Å²) in [6.45, 7) is 2.50. The Kier molecular flexibility index (Phi) is 7.44. The molecule has 2 fully saturated rings. The number of halogens is 3. The number of hydrogen-bond donors (Lipinski definition) is 1. The number of likely N-dealkylation sites (N-methyl/N-ethyl adjacent to an activating group) is 1. The van der Waals surface area contributed by atoms with Crippen LogP contribution in [-0.4, -0.2) is 66.0 Å². The molecule has 0 unspecified atom stereocenters. The molecule has 1 saturated carbocycles. The van der Waals surface area contributed by atoms with Crippen LogP contribution in [0.2, 0.25) is 0 Å². The predicted octanol–water partition coefficient (Wildman–Crippen LogP) is 5.35. The van der Waals surface area contributed by atoms with Crippen LogP contribution in [0, 0.1) is 0 Å². The van der Waals surface area contributed by atoms with E-state index < -0.39 is 17.2 Å². The average Bonchev–Trinajstić information content (AvgIpc) is 3.82. The van der Waals surface area contributed by atoms with Gasteiger partial charge in [0, 0.05) is 64.1 Å². The molecule has 3 aliphatic rings. The third-order valence-electron chi connectivity index (χ3n) is 8.63. The summed E-state index contributed by atoms with van der Waals surface area (Å²) >= 11 is 0. The number of hydrogen-bond acceptors (Lipinski definition) is 7. The van der Waals surface area contributed by atoms with Crippen molar-refractivity contribution in [2.75, 3.05) is 55.4 Å². The van der Waals surface area contributed by atoms with Crippen LogP contribution in [0.5, 0.6) is 0 Å². The van der Waals surface area contributed by atoms with E-state index in [-0.39, 0.29) is 11.7 Å². The molecule has 1 N–H and O–H groups in total. The van der Waals surface area contributed by atoms with Gasteiger partial charge in [0.2, 0.25) is 11.9 Å². The molecular formula is C31H36F3N7O.